The molecule has 9 nitrogen and oxygen atoms in total. The molecule has 11 heteroatoms. The van der Waals surface area contributed by atoms with Crippen molar-refractivity contribution in [2.45, 2.75) is 31.5 Å². The predicted octanol–water partition coefficient (Wildman–Crippen LogP) is 0.823. The van der Waals surface area contributed by atoms with Gasteiger partial charge in [0.05, 0.1) is 12.3 Å². The number of nitrogens with zero attached hydrogens (tertiary/aromatic N) is 3. The number of rotatable bonds is 6. The van der Waals surface area contributed by atoms with E-state index >= 15 is 0 Å². The van der Waals surface area contributed by atoms with Crippen molar-refractivity contribution in [1.82, 2.24) is 19.5 Å². The second-order valence-electron chi connectivity index (χ2n) is 6.23. The van der Waals surface area contributed by atoms with Crippen molar-refractivity contribution in [1.29, 1.82) is 0 Å². The molecule has 1 aromatic carbocycles. The lowest BCUT2D eigenvalue weighted by Crippen LogP contribution is -2.37. The molecule has 2 aromatic heterocycles. The fraction of sp³-hybridized carbons (Fsp3) is 0.294. The third-order valence-electron chi connectivity index (χ3n) is 4.13. The van der Waals surface area contributed by atoms with Crippen molar-refractivity contribution >= 4 is 26.8 Å². The highest BCUT2D eigenvalue weighted by Crippen LogP contribution is 2.18. The van der Waals surface area contributed by atoms with E-state index in [0.717, 1.165) is 4.57 Å². The van der Waals surface area contributed by atoms with Crippen LogP contribution in [0.2, 0.25) is 0 Å². The van der Waals surface area contributed by atoms with Crippen molar-refractivity contribution in [2.24, 2.45) is 0 Å². The fourth-order valence-electron chi connectivity index (χ4n) is 2.63. The number of halogens is 1. The molecular formula is C17H18FN5O4S. The van der Waals surface area contributed by atoms with E-state index in [9.17, 15) is 22.4 Å². The number of hydrogen-bond acceptors (Lipinski definition) is 7. The molecule has 3 aromatic rings. The molecule has 0 saturated heterocycles. The quantitative estimate of drug-likeness (QED) is 0.455. The van der Waals surface area contributed by atoms with Gasteiger partial charge >= 0.3 is 11.1 Å². The molecule has 0 radical (unpaired) electrons. The van der Waals surface area contributed by atoms with Crippen LogP contribution in [-0.4, -0.2) is 33.7 Å². The third kappa shape index (κ3) is 3.79. The minimum Gasteiger partial charge on any atom is -0.382 e. The van der Waals surface area contributed by atoms with E-state index in [4.69, 9.17) is 5.73 Å². The van der Waals surface area contributed by atoms with Gasteiger partial charge in [0.15, 0.2) is 11.5 Å². The molecule has 2 heterocycles. The topological polar surface area (TPSA) is 141 Å². The lowest BCUT2D eigenvalue weighted by Gasteiger charge is -2.11. The number of hydrogen-bond donors (Lipinski definition) is 2. The Balaban J connectivity index is 2.24. The fourth-order valence-corrected chi connectivity index (χ4v) is 3.94. The summed E-state index contributed by atoms with van der Waals surface area (Å²) >= 11 is 0. The standard InChI is InChI=1S/C17H18FN5O4S/c1-2-3-8-28(26,27)17-21-13(19)12-14(22-17)23(16(25)15(24)20-12)9-10-4-6-11(18)7-5-10/h4-7H,2-3,8-9H2,1H3,(H,20,24)(H2,19,21,22). The van der Waals surface area contributed by atoms with Crippen LogP contribution >= 0.6 is 0 Å². The first-order chi connectivity index (χ1) is 13.2. The summed E-state index contributed by atoms with van der Waals surface area (Å²) in [4.78, 5) is 34.5. The highest BCUT2D eigenvalue weighted by Gasteiger charge is 2.22. The smallest absolute Gasteiger partial charge is 0.318 e. The monoisotopic (exact) mass is 407 g/mol. The lowest BCUT2D eigenvalue weighted by molar-refractivity contribution is 0.583. The maximum absolute atomic E-state index is 13.1. The van der Waals surface area contributed by atoms with E-state index in [1.807, 2.05) is 6.92 Å². The number of unbranched alkanes of at least 4 members (excludes halogenated alkanes) is 1. The summed E-state index contributed by atoms with van der Waals surface area (Å²) in [6.45, 7) is 1.72. The van der Waals surface area contributed by atoms with E-state index in [-0.39, 0.29) is 29.3 Å². The molecule has 0 saturated carbocycles. The van der Waals surface area contributed by atoms with Crippen LogP contribution in [0.25, 0.3) is 11.2 Å². The molecule has 0 fully saturated rings. The zero-order chi connectivity index (χ0) is 20.5. The maximum Gasteiger partial charge on any atom is 0.318 e. The van der Waals surface area contributed by atoms with Gasteiger partial charge in [0.1, 0.15) is 11.3 Å². The van der Waals surface area contributed by atoms with Crippen molar-refractivity contribution < 1.29 is 12.8 Å². The van der Waals surface area contributed by atoms with E-state index < -0.39 is 31.9 Å². The summed E-state index contributed by atoms with van der Waals surface area (Å²) in [6.07, 6.45) is 1.07. The van der Waals surface area contributed by atoms with E-state index in [1.54, 1.807) is 0 Å². The van der Waals surface area contributed by atoms with Gasteiger partial charge in [-0.15, -0.1) is 0 Å². The number of anilines is 1. The summed E-state index contributed by atoms with van der Waals surface area (Å²) in [5.41, 5.74) is 4.30. The molecule has 3 rings (SSSR count). The van der Waals surface area contributed by atoms with Gasteiger partial charge < -0.3 is 10.7 Å². The number of aromatic amines is 1. The zero-order valence-electron chi connectivity index (χ0n) is 15.0. The van der Waals surface area contributed by atoms with Gasteiger partial charge in [-0.1, -0.05) is 25.5 Å². The Morgan fingerprint density at radius 3 is 2.50 bits per heavy atom. The van der Waals surface area contributed by atoms with Gasteiger partial charge in [-0.25, -0.2) is 12.8 Å². The summed E-state index contributed by atoms with van der Waals surface area (Å²) in [5.74, 6) is -0.882. The Bertz CT molecular complexity index is 1250. The first-order valence-corrected chi connectivity index (χ1v) is 10.2. The van der Waals surface area contributed by atoms with Crippen LogP contribution in [0.15, 0.2) is 39.0 Å². The third-order valence-corrected chi connectivity index (χ3v) is 5.69. The number of nitrogens with two attached hydrogens (primary N) is 1. The van der Waals surface area contributed by atoms with Gasteiger partial charge in [-0.05, 0) is 24.1 Å². The second-order valence-corrected chi connectivity index (χ2v) is 8.24. The van der Waals surface area contributed by atoms with Crippen LogP contribution in [0.3, 0.4) is 0 Å². The Morgan fingerprint density at radius 1 is 1.18 bits per heavy atom. The van der Waals surface area contributed by atoms with Crippen LogP contribution in [-0.2, 0) is 16.4 Å². The molecule has 0 aliphatic carbocycles. The van der Waals surface area contributed by atoms with E-state index in [2.05, 4.69) is 15.0 Å². The van der Waals surface area contributed by atoms with Crippen LogP contribution in [0, 0.1) is 5.82 Å². The molecule has 0 spiro atoms. The second kappa shape index (κ2) is 7.50. The number of sulfone groups is 1. The Morgan fingerprint density at radius 2 is 1.86 bits per heavy atom. The number of aromatic nitrogens is 4. The molecule has 0 unspecified atom stereocenters. The SMILES string of the molecule is CCCCS(=O)(=O)c1nc(N)c2[nH]c(=O)c(=O)n(Cc3ccc(F)cc3)c2n1. The van der Waals surface area contributed by atoms with Crippen molar-refractivity contribution in [3.05, 3.63) is 56.4 Å². The minimum atomic E-state index is -3.81. The number of nitrogen functional groups attached to an aromatic ring is 1. The van der Waals surface area contributed by atoms with Crippen LogP contribution in [0.5, 0.6) is 0 Å². The molecule has 0 bridgehead atoms. The lowest BCUT2D eigenvalue weighted by atomic mass is 10.2. The number of fused-ring (bicyclic) bond motifs is 1. The molecule has 0 aliphatic rings. The van der Waals surface area contributed by atoms with Crippen LogP contribution in [0.4, 0.5) is 10.2 Å². The van der Waals surface area contributed by atoms with Gasteiger partial charge in [0.25, 0.3) is 5.16 Å². The molecular weight excluding hydrogens is 389 g/mol. The van der Waals surface area contributed by atoms with Gasteiger partial charge in [-0.2, -0.15) is 9.97 Å². The Kier molecular flexibility index (Phi) is 5.27. The molecule has 0 aliphatic heterocycles. The summed E-state index contributed by atoms with van der Waals surface area (Å²) in [7, 11) is -3.81. The van der Waals surface area contributed by atoms with Crippen LogP contribution < -0.4 is 16.9 Å². The summed E-state index contributed by atoms with van der Waals surface area (Å²) in [6, 6.07) is 5.30. The molecule has 28 heavy (non-hydrogen) atoms. The molecule has 148 valence electrons. The van der Waals surface area contributed by atoms with Crippen molar-refractivity contribution in [3.63, 3.8) is 0 Å². The average Bonchev–Trinajstić information content (AvgIpc) is 2.66. The molecule has 0 atom stereocenters. The zero-order valence-corrected chi connectivity index (χ0v) is 15.8. The van der Waals surface area contributed by atoms with Crippen molar-refractivity contribution in [3.8, 4) is 0 Å². The van der Waals surface area contributed by atoms with Gasteiger partial charge in [0, 0.05) is 0 Å². The van der Waals surface area contributed by atoms with Crippen LogP contribution in [0.1, 0.15) is 25.3 Å². The first-order valence-electron chi connectivity index (χ1n) is 8.50. The molecule has 3 N–H and O–H groups in total. The van der Waals surface area contributed by atoms with Crippen molar-refractivity contribution in [2.75, 3.05) is 11.5 Å². The number of H-pyrrole nitrogens is 1. The van der Waals surface area contributed by atoms with Gasteiger partial charge in [0.2, 0.25) is 9.84 Å². The first kappa shape index (κ1) is 19.7. The maximum atomic E-state index is 13.1. The summed E-state index contributed by atoms with van der Waals surface area (Å²) in [5, 5.41) is -0.509. The largest absolute Gasteiger partial charge is 0.382 e. The molecule has 0 amide bonds. The minimum absolute atomic E-state index is 0.0406. The highest BCUT2D eigenvalue weighted by atomic mass is 32.2. The van der Waals surface area contributed by atoms with E-state index in [1.165, 1.54) is 24.3 Å². The Hall–Kier alpha value is -3.08. The number of benzene rings is 1. The highest BCUT2D eigenvalue weighted by molar-refractivity contribution is 7.91. The average molecular weight is 407 g/mol. The normalized spacial score (nSPS) is 11.8. The summed E-state index contributed by atoms with van der Waals surface area (Å²) < 4.78 is 39.1. The predicted molar refractivity (Wildman–Crippen MR) is 101 cm³/mol. The Labute approximate surface area is 159 Å². The number of nitrogens with one attached hydrogen (secondary N) is 1. The van der Waals surface area contributed by atoms with E-state index in [0.29, 0.717) is 18.4 Å². The van der Waals surface area contributed by atoms with Gasteiger partial charge in [-0.3, -0.25) is 14.2 Å².